The third-order valence-corrected chi connectivity index (χ3v) is 2.69. The van der Waals surface area contributed by atoms with E-state index in [4.69, 9.17) is 9.84 Å². The monoisotopic (exact) mass is 241 g/mol. The van der Waals surface area contributed by atoms with Gasteiger partial charge in [0.2, 0.25) is 0 Å². The van der Waals surface area contributed by atoms with E-state index in [0.29, 0.717) is 13.0 Å². The Labute approximate surface area is 102 Å². The summed E-state index contributed by atoms with van der Waals surface area (Å²) in [4.78, 5) is 0. The van der Waals surface area contributed by atoms with Gasteiger partial charge < -0.3 is 15.2 Å². The van der Waals surface area contributed by atoms with Crippen molar-refractivity contribution in [2.24, 2.45) is 0 Å². The van der Waals surface area contributed by atoms with Crippen LogP contribution in [0.4, 0.5) is 4.39 Å². The first kappa shape index (κ1) is 13.9. The Morgan fingerprint density at radius 1 is 1.41 bits per heavy atom. The molecule has 0 fully saturated rings. The maximum atomic E-state index is 13.5. The number of methoxy groups -OCH3 is 1. The van der Waals surface area contributed by atoms with Gasteiger partial charge in [0.25, 0.3) is 0 Å². The summed E-state index contributed by atoms with van der Waals surface area (Å²) in [5, 5.41) is 12.4. The average Bonchev–Trinajstić information content (AvgIpc) is 2.28. The van der Waals surface area contributed by atoms with Crippen molar-refractivity contribution in [3.8, 4) is 5.75 Å². The number of ether oxygens (including phenoxy) is 1. The molecule has 0 aromatic heterocycles. The Balaban J connectivity index is 2.57. The molecule has 17 heavy (non-hydrogen) atoms. The molecule has 1 rings (SSSR count). The number of benzene rings is 1. The van der Waals surface area contributed by atoms with Gasteiger partial charge in [0.15, 0.2) is 11.6 Å². The fraction of sp³-hybridized carbons (Fsp3) is 0.538. The molecule has 96 valence electrons. The molecule has 0 bridgehead atoms. The van der Waals surface area contributed by atoms with Crippen LogP contribution in [0.3, 0.4) is 0 Å². The van der Waals surface area contributed by atoms with Gasteiger partial charge >= 0.3 is 0 Å². The standard InChI is InChI=1S/C13H20FNO2/c1-9(16)6-7-15-10(2)11-4-5-13(17-3)12(14)8-11/h4-5,8-10,15-16H,6-7H2,1-3H3. The first-order valence-corrected chi connectivity index (χ1v) is 5.79. The summed E-state index contributed by atoms with van der Waals surface area (Å²) in [5.74, 6) is -0.0980. The molecule has 0 saturated heterocycles. The van der Waals surface area contributed by atoms with Crippen LogP contribution in [0.1, 0.15) is 31.9 Å². The van der Waals surface area contributed by atoms with Crippen LogP contribution in [0.2, 0.25) is 0 Å². The number of aliphatic hydroxyl groups excluding tert-OH is 1. The molecule has 0 amide bonds. The highest BCUT2D eigenvalue weighted by Gasteiger charge is 2.09. The molecular weight excluding hydrogens is 221 g/mol. The van der Waals surface area contributed by atoms with E-state index < -0.39 is 0 Å². The molecule has 0 saturated carbocycles. The predicted octanol–water partition coefficient (Wildman–Crippen LogP) is 2.26. The highest BCUT2D eigenvalue weighted by atomic mass is 19.1. The molecule has 3 nitrogen and oxygen atoms in total. The molecule has 0 aliphatic carbocycles. The fourth-order valence-electron chi connectivity index (χ4n) is 1.58. The number of aliphatic hydroxyl groups is 1. The van der Waals surface area contributed by atoms with Gasteiger partial charge in [0, 0.05) is 6.04 Å². The molecule has 0 heterocycles. The van der Waals surface area contributed by atoms with Crippen molar-refractivity contribution < 1.29 is 14.2 Å². The number of hydrogen-bond acceptors (Lipinski definition) is 3. The SMILES string of the molecule is COc1ccc(C(C)NCCC(C)O)cc1F. The largest absolute Gasteiger partial charge is 0.494 e. The lowest BCUT2D eigenvalue weighted by Gasteiger charge is -2.15. The normalized spacial score (nSPS) is 14.4. The third kappa shape index (κ3) is 4.32. The van der Waals surface area contributed by atoms with Crippen molar-refractivity contribution in [2.45, 2.75) is 32.4 Å². The summed E-state index contributed by atoms with van der Waals surface area (Å²) in [6.07, 6.45) is 0.366. The van der Waals surface area contributed by atoms with Gasteiger partial charge in [0.1, 0.15) is 0 Å². The van der Waals surface area contributed by atoms with Crippen LogP contribution in [0.15, 0.2) is 18.2 Å². The molecule has 1 aromatic carbocycles. The van der Waals surface area contributed by atoms with E-state index >= 15 is 0 Å². The van der Waals surface area contributed by atoms with Gasteiger partial charge in [-0.1, -0.05) is 6.07 Å². The maximum Gasteiger partial charge on any atom is 0.165 e. The summed E-state index contributed by atoms with van der Waals surface area (Å²) in [6.45, 7) is 4.41. The van der Waals surface area contributed by atoms with E-state index in [0.717, 1.165) is 5.56 Å². The van der Waals surface area contributed by atoms with Crippen LogP contribution in [0, 0.1) is 5.82 Å². The van der Waals surface area contributed by atoms with Gasteiger partial charge in [0.05, 0.1) is 13.2 Å². The number of halogens is 1. The lowest BCUT2D eigenvalue weighted by atomic mass is 10.1. The molecule has 0 spiro atoms. The van der Waals surface area contributed by atoms with E-state index in [1.165, 1.54) is 13.2 Å². The Kier molecular flexibility index (Phi) is 5.38. The second-order valence-electron chi connectivity index (χ2n) is 4.21. The first-order chi connectivity index (χ1) is 8.04. The van der Waals surface area contributed by atoms with Gasteiger partial charge in [-0.3, -0.25) is 0 Å². The highest BCUT2D eigenvalue weighted by Crippen LogP contribution is 2.21. The number of hydrogen-bond donors (Lipinski definition) is 2. The first-order valence-electron chi connectivity index (χ1n) is 5.79. The van der Waals surface area contributed by atoms with Gasteiger partial charge in [-0.15, -0.1) is 0 Å². The molecule has 0 aliphatic rings. The summed E-state index contributed by atoms with van der Waals surface area (Å²) < 4.78 is 18.3. The second-order valence-corrected chi connectivity index (χ2v) is 4.21. The summed E-state index contributed by atoms with van der Waals surface area (Å²) >= 11 is 0. The minimum atomic E-state index is -0.353. The van der Waals surface area contributed by atoms with Crippen molar-refractivity contribution in [3.63, 3.8) is 0 Å². The van der Waals surface area contributed by atoms with Crippen molar-refractivity contribution in [3.05, 3.63) is 29.6 Å². The molecule has 4 heteroatoms. The van der Waals surface area contributed by atoms with Crippen LogP contribution in [-0.4, -0.2) is 24.9 Å². The van der Waals surface area contributed by atoms with Crippen LogP contribution in [0.5, 0.6) is 5.75 Å². The Morgan fingerprint density at radius 3 is 2.65 bits per heavy atom. The van der Waals surface area contributed by atoms with E-state index in [9.17, 15) is 4.39 Å². The van der Waals surface area contributed by atoms with Gasteiger partial charge in [-0.2, -0.15) is 0 Å². The fourth-order valence-corrected chi connectivity index (χ4v) is 1.58. The maximum absolute atomic E-state index is 13.5. The van der Waals surface area contributed by atoms with Gasteiger partial charge in [-0.05, 0) is 44.5 Å². The Bertz CT molecular complexity index is 355. The van der Waals surface area contributed by atoms with Crippen molar-refractivity contribution in [1.29, 1.82) is 0 Å². The molecule has 2 unspecified atom stereocenters. The van der Waals surface area contributed by atoms with Crippen molar-refractivity contribution in [2.75, 3.05) is 13.7 Å². The highest BCUT2D eigenvalue weighted by molar-refractivity contribution is 5.30. The second kappa shape index (κ2) is 6.57. The third-order valence-electron chi connectivity index (χ3n) is 2.69. The lowest BCUT2D eigenvalue weighted by molar-refractivity contribution is 0.182. The zero-order valence-corrected chi connectivity index (χ0v) is 10.5. The van der Waals surface area contributed by atoms with E-state index in [1.54, 1.807) is 13.0 Å². The lowest BCUT2D eigenvalue weighted by Crippen LogP contribution is -2.22. The predicted molar refractivity (Wildman–Crippen MR) is 65.7 cm³/mol. The minimum absolute atomic E-state index is 0.0501. The van der Waals surface area contributed by atoms with Crippen LogP contribution < -0.4 is 10.1 Å². The molecule has 2 N–H and O–H groups in total. The van der Waals surface area contributed by atoms with Crippen molar-refractivity contribution >= 4 is 0 Å². The zero-order chi connectivity index (χ0) is 12.8. The average molecular weight is 241 g/mol. The molecular formula is C13H20FNO2. The number of nitrogens with one attached hydrogen (secondary N) is 1. The summed E-state index contributed by atoms with van der Waals surface area (Å²) in [6, 6.07) is 4.98. The molecule has 1 aromatic rings. The quantitative estimate of drug-likeness (QED) is 0.802. The Morgan fingerprint density at radius 2 is 2.12 bits per heavy atom. The molecule has 0 radical (unpaired) electrons. The topological polar surface area (TPSA) is 41.5 Å². The van der Waals surface area contributed by atoms with Crippen molar-refractivity contribution in [1.82, 2.24) is 5.32 Å². The van der Waals surface area contributed by atoms with Gasteiger partial charge in [-0.25, -0.2) is 4.39 Å². The summed E-state index contributed by atoms with van der Waals surface area (Å²) in [7, 11) is 1.45. The van der Waals surface area contributed by atoms with E-state index in [1.807, 2.05) is 13.0 Å². The zero-order valence-electron chi connectivity index (χ0n) is 10.5. The van der Waals surface area contributed by atoms with Crippen LogP contribution >= 0.6 is 0 Å². The van der Waals surface area contributed by atoms with Crippen LogP contribution in [-0.2, 0) is 0 Å². The Hall–Kier alpha value is -1.13. The van der Waals surface area contributed by atoms with Crippen LogP contribution in [0.25, 0.3) is 0 Å². The number of rotatable bonds is 6. The van der Waals surface area contributed by atoms with E-state index in [2.05, 4.69) is 5.32 Å². The smallest absolute Gasteiger partial charge is 0.165 e. The molecule has 2 atom stereocenters. The minimum Gasteiger partial charge on any atom is -0.494 e. The van der Waals surface area contributed by atoms with E-state index in [-0.39, 0.29) is 23.7 Å². The summed E-state index contributed by atoms with van der Waals surface area (Å²) in [5.41, 5.74) is 0.869. The molecule has 0 aliphatic heterocycles.